The molecule has 3 rings (SSSR count). The number of nitrogens with zero attached hydrogens (tertiary/aromatic N) is 1. The summed E-state index contributed by atoms with van der Waals surface area (Å²) in [6.07, 6.45) is 3.65. The van der Waals surface area contributed by atoms with Crippen molar-refractivity contribution >= 4 is 5.91 Å². The molecular formula is C20H26N2O2. The van der Waals surface area contributed by atoms with Crippen LogP contribution in [-0.4, -0.2) is 40.6 Å². The van der Waals surface area contributed by atoms with Crippen molar-refractivity contribution in [2.24, 2.45) is 0 Å². The maximum absolute atomic E-state index is 13.0. The maximum atomic E-state index is 13.0. The lowest BCUT2D eigenvalue weighted by Gasteiger charge is -2.42. The fourth-order valence-corrected chi connectivity index (χ4v) is 3.77. The van der Waals surface area contributed by atoms with Crippen LogP contribution in [0.4, 0.5) is 0 Å². The summed E-state index contributed by atoms with van der Waals surface area (Å²) < 4.78 is 0. The second-order valence-corrected chi connectivity index (χ2v) is 7.09. The molecule has 24 heavy (non-hydrogen) atoms. The molecule has 4 nitrogen and oxygen atoms in total. The molecule has 1 fully saturated rings. The molecule has 0 aliphatic carbocycles. The maximum Gasteiger partial charge on any atom is 0.255 e. The number of carbonyl (C=O) groups excluding carboxylic acids is 1. The fourth-order valence-electron chi connectivity index (χ4n) is 3.77. The number of H-pyrrole nitrogens is 1. The van der Waals surface area contributed by atoms with Crippen LogP contribution in [0.3, 0.4) is 0 Å². The Morgan fingerprint density at radius 2 is 2.04 bits per heavy atom. The molecule has 0 bridgehead atoms. The number of nitrogens with one attached hydrogen (secondary N) is 1. The summed E-state index contributed by atoms with van der Waals surface area (Å²) in [5.41, 5.74) is 2.50. The van der Waals surface area contributed by atoms with Gasteiger partial charge in [-0.15, -0.1) is 0 Å². The number of hydrogen-bond acceptors (Lipinski definition) is 2. The molecule has 2 N–H and O–H groups in total. The molecule has 1 amide bonds. The number of aliphatic hydroxyl groups is 1. The van der Waals surface area contributed by atoms with Gasteiger partial charge in [0.05, 0.1) is 12.2 Å². The molecule has 2 heterocycles. The van der Waals surface area contributed by atoms with Gasteiger partial charge in [0.25, 0.3) is 5.91 Å². The van der Waals surface area contributed by atoms with E-state index in [9.17, 15) is 9.90 Å². The molecule has 0 saturated carbocycles. The third kappa shape index (κ3) is 2.98. The summed E-state index contributed by atoms with van der Waals surface area (Å²) in [5, 5.41) is 10.1. The van der Waals surface area contributed by atoms with Crippen LogP contribution in [-0.2, 0) is 5.41 Å². The lowest BCUT2D eigenvalue weighted by molar-refractivity contribution is 0.0542. The minimum Gasteiger partial charge on any atom is -0.395 e. The topological polar surface area (TPSA) is 56.3 Å². The molecule has 0 spiro atoms. The van der Waals surface area contributed by atoms with Gasteiger partial charge in [-0.1, -0.05) is 44.2 Å². The molecule has 1 atom stereocenters. The third-order valence-electron chi connectivity index (χ3n) is 5.14. The van der Waals surface area contributed by atoms with Crippen LogP contribution < -0.4 is 0 Å². The molecular weight excluding hydrogens is 300 g/mol. The Hall–Kier alpha value is -2.07. The SMILES string of the molecule is CC(C)c1[nH]ccc1C(=O)N1CCCC(CO)(c2ccccc2)C1. The highest BCUT2D eigenvalue weighted by Gasteiger charge is 2.38. The summed E-state index contributed by atoms with van der Waals surface area (Å²) in [6.45, 7) is 5.54. The summed E-state index contributed by atoms with van der Waals surface area (Å²) in [6, 6.07) is 12.0. The Bertz CT molecular complexity index is 693. The zero-order valence-corrected chi connectivity index (χ0v) is 14.5. The molecule has 1 aliphatic heterocycles. The first-order valence-corrected chi connectivity index (χ1v) is 8.70. The largest absolute Gasteiger partial charge is 0.395 e. The van der Waals surface area contributed by atoms with Crippen molar-refractivity contribution in [2.75, 3.05) is 19.7 Å². The number of benzene rings is 1. The van der Waals surface area contributed by atoms with E-state index in [1.807, 2.05) is 35.4 Å². The number of likely N-dealkylation sites (tertiary alicyclic amines) is 1. The summed E-state index contributed by atoms with van der Waals surface area (Å²) in [5.74, 6) is 0.342. The average molecular weight is 326 g/mol. The highest BCUT2D eigenvalue weighted by atomic mass is 16.3. The number of carbonyl (C=O) groups is 1. The Morgan fingerprint density at radius 1 is 1.29 bits per heavy atom. The van der Waals surface area contributed by atoms with Gasteiger partial charge in [0.15, 0.2) is 0 Å². The van der Waals surface area contributed by atoms with Crippen molar-refractivity contribution in [2.45, 2.75) is 38.0 Å². The van der Waals surface area contributed by atoms with Crippen LogP contribution in [0.25, 0.3) is 0 Å². The summed E-state index contributed by atoms with van der Waals surface area (Å²) >= 11 is 0. The van der Waals surface area contributed by atoms with Crippen LogP contribution in [0.15, 0.2) is 42.6 Å². The standard InChI is InChI=1S/C20H26N2O2/c1-15(2)18-17(9-11-21-18)19(24)22-12-6-10-20(13-22,14-23)16-7-4-3-5-8-16/h3-5,7-9,11,15,21,23H,6,10,12-14H2,1-2H3. The average Bonchev–Trinajstić information content (AvgIpc) is 3.12. The van der Waals surface area contributed by atoms with Gasteiger partial charge < -0.3 is 15.0 Å². The van der Waals surface area contributed by atoms with Crippen LogP contribution in [0.1, 0.15) is 54.2 Å². The van der Waals surface area contributed by atoms with Crippen LogP contribution >= 0.6 is 0 Å². The van der Waals surface area contributed by atoms with Gasteiger partial charge in [-0.05, 0) is 30.4 Å². The van der Waals surface area contributed by atoms with E-state index in [0.29, 0.717) is 6.54 Å². The van der Waals surface area contributed by atoms with Crippen molar-refractivity contribution < 1.29 is 9.90 Å². The number of aliphatic hydroxyl groups excluding tert-OH is 1. The molecule has 2 aromatic rings. The highest BCUT2D eigenvalue weighted by Crippen LogP contribution is 2.34. The summed E-state index contributed by atoms with van der Waals surface area (Å²) in [4.78, 5) is 18.1. The van der Waals surface area contributed by atoms with Gasteiger partial charge in [-0.25, -0.2) is 0 Å². The number of amides is 1. The fraction of sp³-hybridized carbons (Fsp3) is 0.450. The van der Waals surface area contributed by atoms with Gasteiger partial charge in [-0.2, -0.15) is 0 Å². The van der Waals surface area contributed by atoms with E-state index < -0.39 is 0 Å². The molecule has 1 aliphatic rings. The minimum absolute atomic E-state index is 0.0605. The first-order valence-electron chi connectivity index (χ1n) is 8.70. The Morgan fingerprint density at radius 3 is 2.71 bits per heavy atom. The second-order valence-electron chi connectivity index (χ2n) is 7.09. The number of hydrogen-bond donors (Lipinski definition) is 2. The number of aromatic amines is 1. The number of rotatable bonds is 4. The molecule has 128 valence electrons. The third-order valence-corrected chi connectivity index (χ3v) is 5.14. The van der Waals surface area contributed by atoms with Crippen molar-refractivity contribution in [1.29, 1.82) is 0 Å². The van der Waals surface area contributed by atoms with Gasteiger partial charge >= 0.3 is 0 Å². The van der Waals surface area contributed by atoms with E-state index in [2.05, 4.69) is 31.0 Å². The van der Waals surface area contributed by atoms with E-state index in [-0.39, 0.29) is 23.8 Å². The normalized spacial score (nSPS) is 21.2. The number of aromatic nitrogens is 1. The quantitative estimate of drug-likeness (QED) is 0.906. The number of piperidine rings is 1. The second kappa shape index (κ2) is 6.81. The van der Waals surface area contributed by atoms with Crippen molar-refractivity contribution in [1.82, 2.24) is 9.88 Å². The minimum atomic E-state index is -0.358. The van der Waals surface area contributed by atoms with Crippen LogP contribution in [0.5, 0.6) is 0 Å². The van der Waals surface area contributed by atoms with Crippen LogP contribution in [0.2, 0.25) is 0 Å². The lowest BCUT2D eigenvalue weighted by Crippen LogP contribution is -2.50. The van der Waals surface area contributed by atoms with Crippen molar-refractivity contribution in [3.63, 3.8) is 0 Å². The molecule has 1 aromatic carbocycles. The van der Waals surface area contributed by atoms with Gasteiger partial charge in [0, 0.05) is 30.4 Å². The highest BCUT2D eigenvalue weighted by molar-refractivity contribution is 5.95. The van der Waals surface area contributed by atoms with Crippen LogP contribution in [0, 0.1) is 0 Å². The molecule has 0 radical (unpaired) electrons. The Kier molecular flexibility index (Phi) is 4.76. The zero-order chi connectivity index (χ0) is 17.2. The van der Waals surface area contributed by atoms with Gasteiger partial charge in [-0.3, -0.25) is 4.79 Å². The van der Waals surface area contributed by atoms with E-state index in [1.165, 1.54) is 0 Å². The smallest absolute Gasteiger partial charge is 0.255 e. The van der Waals surface area contributed by atoms with Gasteiger partial charge in [0.2, 0.25) is 0 Å². The van der Waals surface area contributed by atoms with Gasteiger partial charge in [0.1, 0.15) is 0 Å². The molecule has 4 heteroatoms. The monoisotopic (exact) mass is 326 g/mol. The Labute approximate surface area is 143 Å². The first-order chi connectivity index (χ1) is 11.6. The Balaban J connectivity index is 1.87. The van der Waals surface area contributed by atoms with E-state index in [4.69, 9.17) is 0 Å². The zero-order valence-electron chi connectivity index (χ0n) is 14.5. The predicted molar refractivity (Wildman–Crippen MR) is 95.2 cm³/mol. The first kappa shape index (κ1) is 16.8. The van der Waals surface area contributed by atoms with Crippen molar-refractivity contribution in [3.05, 3.63) is 59.4 Å². The molecule has 1 unspecified atom stereocenters. The lowest BCUT2D eigenvalue weighted by atomic mass is 9.74. The predicted octanol–water partition coefficient (Wildman–Crippen LogP) is 3.30. The molecule has 1 saturated heterocycles. The van der Waals surface area contributed by atoms with Crippen molar-refractivity contribution in [3.8, 4) is 0 Å². The van der Waals surface area contributed by atoms with E-state index >= 15 is 0 Å². The summed E-state index contributed by atoms with van der Waals surface area (Å²) in [7, 11) is 0. The van der Waals surface area contributed by atoms with E-state index in [1.54, 1.807) is 0 Å². The molecule has 1 aromatic heterocycles. The van der Waals surface area contributed by atoms with E-state index in [0.717, 1.165) is 36.2 Å².